The number of benzene rings is 1. The van der Waals surface area contributed by atoms with Gasteiger partial charge in [0.1, 0.15) is 5.39 Å². The number of anilines is 2. The number of aromatic nitrogens is 4. The normalized spacial score (nSPS) is 10.9. The molecular formula is C17H20N6O2. The highest BCUT2D eigenvalue weighted by Gasteiger charge is 2.18. The van der Waals surface area contributed by atoms with E-state index in [0.717, 1.165) is 0 Å². The lowest BCUT2D eigenvalue weighted by Gasteiger charge is -2.14. The first-order valence-electron chi connectivity index (χ1n) is 7.92. The van der Waals surface area contributed by atoms with Crippen LogP contribution in [0.25, 0.3) is 11.0 Å². The standard InChI is InChI=1S/C17H20N6O2/c1-11(2)23-14-13(10-18-23)15(21-16(20-14)22(3)4)25-17(24)19-12-8-6-5-7-9-12/h5-11H,1-4H3,(H,19,24). The molecule has 1 N–H and O–H groups in total. The van der Waals surface area contributed by atoms with Crippen molar-refractivity contribution in [2.45, 2.75) is 19.9 Å². The van der Waals surface area contributed by atoms with E-state index in [1.807, 2.05) is 46.1 Å². The second kappa shape index (κ2) is 6.76. The Hall–Kier alpha value is -3.16. The number of rotatable bonds is 4. The van der Waals surface area contributed by atoms with Gasteiger partial charge in [-0.1, -0.05) is 18.2 Å². The maximum absolute atomic E-state index is 12.2. The van der Waals surface area contributed by atoms with Crippen LogP contribution in [0.1, 0.15) is 19.9 Å². The molecule has 0 aliphatic rings. The number of nitrogens with zero attached hydrogens (tertiary/aromatic N) is 5. The second-order valence-corrected chi connectivity index (χ2v) is 6.02. The first-order chi connectivity index (χ1) is 12.0. The zero-order chi connectivity index (χ0) is 18.0. The van der Waals surface area contributed by atoms with Crippen molar-refractivity contribution in [2.24, 2.45) is 0 Å². The van der Waals surface area contributed by atoms with Crippen LogP contribution in [0, 0.1) is 0 Å². The molecule has 25 heavy (non-hydrogen) atoms. The maximum Gasteiger partial charge on any atom is 0.418 e. The Morgan fingerprint density at radius 2 is 1.92 bits per heavy atom. The molecule has 0 aliphatic heterocycles. The molecule has 0 atom stereocenters. The van der Waals surface area contributed by atoms with Crippen molar-refractivity contribution in [2.75, 3.05) is 24.3 Å². The van der Waals surface area contributed by atoms with E-state index in [1.54, 1.807) is 27.9 Å². The van der Waals surface area contributed by atoms with Crippen molar-refractivity contribution >= 4 is 28.8 Å². The Balaban J connectivity index is 1.95. The largest absolute Gasteiger partial charge is 0.418 e. The van der Waals surface area contributed by atoms with Crippen LogP contribution in [0.4, 0.5) is 16.4 Å². The lowest BCUT2D eigenvalue weighted by molar-refractivity contribution is 0.214. The Morgan fingerprint density at radius 1 is 1.20 bits per heavy atom. The summed E-state index contributed by atoms with van der Waals surface area (Å²) in [4.78, 5) is 22.8. The summed E-state index contributed by atoms with van der Waals surface area (Å²) in [7, 11) is 3.65. The molecule has 0 radical (unpaired) electrons. The van der Waals surface area contributed by atoms with Crippen LogP contribution in [-0.4, -0.2) is 39.9 Å². The molecule has 3 rings (SSSR count). The highest BCUT2D eigenvalue weighted by molar-refractivity contribution is 5.90. The van der Waals surface area contributed by atoms with Gasteiger partial charge in [-0.05, 0) is 26.0 Å². The molecule has 0 aliphatic carbocycles. The quantitative estimate of drug-likeness (QED) is 0.785. The number of carbonyl (C=O) groups is 1. The molecule has 8 nitrogen and oxygen atoms in total. The first kappa shape index (κ1) is 16.7. The van der Waals surface area contributed by atoms with E-state index in [-0.39, 0.29) is 11.9 Å². The fourth-order valence-electron chi connectivity index (χ4n) is 2.30. The third-order valence-electron chi connectivity index (χ3n) is 3.51. The minimum absolute atomic E-state index is 0.119. The van der Waals surface area contributed by atoms with E-state index < -0.39 is 6.09 Å². The van der Waals surface area contributed by atoms with E-state index in [0.29, 0.717) is 22.7 Å². The summed E-state index contributed by atoms with van der Waals surface area (Å²) in [6.45, 7) is 4.01. The van der Waals surface area contributed by atoms with Gasteiger partial charge in [0.15, 0.2) is 5.65 Å². The Bertz CT molecular complexity index is 889. The molecule has 1 amide bonds. The average molecular weight is 340 g/mol. The number of fused-ring (bicyclic) bond motifs is 1. The van der Waals surface area contributed by atoms with E-state index in [4.69, 9.17) is 4.74 Å². The zero-order valence-electron chi connectivity index (χ0n) is 14.6. The lowest BCUT2D eigenvalue weighted by atomic mass is 10.3. The van der Waals surface area contributed by atoms with Gasteiger partial charge in [-0.25, -0.2) is 9.48 Å². The van der Waals surface area contributed by atoms with Crippen LogP contribution < -0.4 is 15.0 Å². The zero-order valence-corrected chi connectivity index (χ0v) is 14.6. The summed E-state index contributed by atoms with van der Waals surface area (Å²) >= 11 is 0. The molecule has 0 bridgehead atoms. The van der Waals surface area contributed by atoms with Crippen molar-refractivity contribution in [1.82, 2.24) is 19.7 Å². The fraction of sp³-hybridized carbons (Fsp3) is 0.294. The molecule has 0 spiro atoms. The van der Waals surface area contributed by atoms with Crippen LogP contribution >= 0.6 is 0 Å². The third kappa shape index (κ3) is 3.52. The number of hydrogen-bond donors (Lipinski definition) is 1. The molecule has 1 aromatic carbocycles. The number of para-hydroxylation sites is 1. The molecule has 130 valence electrons. The van der Waals surface area contributed by atoms with Crippen molar-refractivity contribution in [1.29, 1.82) is 0 Å². The van der Waals surface area contributed by atoms with Gasteiger partial charge in [-0.3, -0.25) is 5.32 Å². The SMILES string of the molecule is CC(C)n1ncc2c(OC(=O)Nc3ccccc3)nc(N(C)C)nc21. The molecule has 0 saturated carbocycles. The minimum atomic E-state index is -0.617. The van der Waals surface area contributed by atoms with Crippen molar-refractivity contribution in [3.63, 3.8) is 0 Å². The second-order valence-electron chi connectivity index (χ2n) is 6.02. The smallest absolute Gasteiger partial charge is 0.390 e. The number of nitrogens with one attached hydrogen (secondary N) is 1. The molecule has 2 heterocycles. The molecule has 0 unspecified atom stereocenters. The highest BCUT2D eigenvalue weighted by atomic mass is 16.6. The number of carbonyl (C=O) groups excluding carboxylic acids is 1. The fourth-order valence-corrected chi connectivity index (χ4v) is 2.30. The summed E-state index contributed by atoms with van der Waals surface area (Å²) in [6, 6.07) is 9.20. The third-order valence-corrected chi connectivity index (χ3v) is 3.51. The van der Waals surface area contributed by atoms with Gasteiger partial charge < -0.3 is 9.64 Å². The molecule has 0 saturated heterocycles. The number of ether oxygens (including phenoxy) is 1. The van der Waals surface area contributed by atoms with E-state index >= 15 is 0 Å². The van der Waals surface area contributed by atoms with Gasteiger partial charge >= 0.3 is 6.09 Å². The summed E-state index contributed by atoms with van der Waals surface area (Å²) in [5.74, 6) is 0.617. The lowest BCUT2D eigenvalue weighted by Crippen LogP contribution is -2.19. The molecule has 8 heteroatoms. The summed E-state index contributed by atoms with van der Waals surface area (Å²) in [6.07, 6.45) is 0.994. The summed E-state index contributed by atoms with van der Waals surface area (Å²) in [5.41, 5.74) is 1.26. The van der Waals surface area contributed by atoms with Crippen LogP contribution in [0.3, 0.4) is 0 Å². The summed E-state index contributed by atoms with van der Waals surface area (Å²) < 4.78 is 7.20. The monoisotopic (exact) mass is 340 g/mol. The Morgan fingerprint density at radius 3 is 2.56 bits per heavy atom. The predicted octanol–water partition coefficient (Wildman–Crippen LogP) is 3.08. The Kier molecular flexibility index (Phi) is 4.51. The molecule has 3 aromatic rings. The first-order valence-corrected chi connectivity index (χ1v) is 7.92. The van der Waals surface area contributed by atoms with E-state index in [1.165, 1.54) is 0 Å². The van der Waals surface area contributed by atoms with Crippen molar-refractivity contribution in [3.8, 4) is 5.88 Å². The Labute approximate surface area is 145 Å². The van der Waals surface area contributed by atoms with Gasteiger partial charge in [-0.15, -0.1) is 0 Å². The topological polar surface area (TPSA) is 85.2 Å². The summed E-state index contributed by atoms with van der Waals surface area (Å²) in [5, 5.41) is 7.59. The van der Waals surface area contributed by atoms with Gasteiger partial charge in [0, 0.05) is 25.8 Å². The maximum atomic E-state index is 12.2. The molecule has 0 fully saturated rings. The predicted molar refractivity (Wildman–Crippen MR) is 96.1 cm³/mol. The van der Waals surface area contributed by atoms with Gasteiger partial charge in [0.2, 0.25) is 11.8 Å². The van der Waals surface area contributed by atoms with E-state index in [9.17, 15) is 4.79 Å². The molecular weight excluding hydrogens is 320 g/mol. The van der Waals surface area contributed by atoms with Gasteiger partial charge in [-0.2, -0.15) is 15.1 Å². The van der Waals surface area contributed by atoms with Crippen LogP contribution in [0.15, 0.2) is 36.5 Å². The van der Waals surface area contributed by atoms with Crippen LogP contribution in [-0.2, 0) is 0 Å². The van der Waals surface area contributed by atoms with Crippen molar-refractivity contribution in [3.05, 3.63) is 36.5 Å². The number of hydrogen-bond acceptors (Lipinski definition) is 6. The van der Waals surface area contributed by atoms with E-state index in [2.05, 4.69) is 20.4 Å². The highest BCUT2D eigenvalue weighted by Crippen LogP contribution is 2.26. The van der Waals surface area contributed by atoms with Gasteiger partial charge in [0.25, 0.3) is 0 Å². The minimum Gasteiger partial charge on any atom is -0.390 e. The average Bonchev–Trinajstić information content (AvgIpc) is 3.00. The van der Waals surface area contributed by atoms with Crippen LogP contribution in [0.5, 0.6) is 5.88 Å². The van der Waals surface area contributed by atoms with Crippen molar-refractivity contribution < 1.29 is 9.53 Å². The van der Waals surface area contributed by atoms with Crippen LogP contribution in [0.2, 0.25) is 0 Å². The molecule has 2 aromatic heterocycles. The van der Waals surface area contributed by atoms with Gasteiger partial charge in [0.05, 0.1) is 6.20 Å². The number of amides is 1.